The fourth-order valence-electron chi connectivity index (χ4n) is 8.18. The molecular formula is C34H26Cl2FN3O8. The van der Waals surface area contributed by atoms with Crippen molar-refractivity contribution in [3.8, 4) is 11.5 Å². The number of nitrogens with zero attached hydrogens (tertiary/aromatic N) is 3. The summed E-state index contributed by atoms with van der Waals surface area (Å²) in [6, 6.07) is 11.8. The van der Waals surface area contributed by atoms with Crippen LogP contribution in [0, 0.1) is 45.0 Å². The molecule has 2 heterocycles. The van der Waals surface area contributed by atoms with E-state index in [1.807, 2.05) is 6.08 Å². The summed E-state index contributed by atoms with van der Waals surface area (Å²) in [7, 11) is 1.34. The van der Waals surface area contributed by atoms with Crippen LogP contribution in [0.3, 0.4) is 0 Å². The highest BCUT2D eigenvalue weighted by Crippen LogP contribution is 2.64. The lowest BCUT2D eigenvalue weighted by molar-refractivity contribution is -0.384. The van der Waals surface area contributed by atoms with Crippen LogP contribution < -0.4 is 14.5 Å². The van der Waals surface area contributed by atoms with Gasteiger partial charge in [0.2, 0.25) is 23.6 Å². The SMILES string of the molecule is COc1cc(C2C3=CCC4C(=O)N(c5cccc([N+](=O)[O-])c5)C(=O)C4C3CC3C(=O)N(c4ccc(F)c(Cl)c4)C(=O)C32C)cc(Cl)c1O. The Labute approximate surface area is 282 Å². The van der Waals surface area contributed by atoms with Gasteiger partial charge in [0.25, 0.3) is 5.69 Å². The van der Waals surface area contributed by atoms with Crippen LogP contribution in [0.4, 0.5) is 21.5 Å². The van der Waals surface area contributed by atoms with Gasteiger partial charge in [-0.25, -0.2) is 14.2 Å². The smallest absolute Gasteiger partial charge is 0.271 e. The maximum atomic E-state index is 14.5. The number of nitro benzene ring substituents is 1. The van der Waals surface area contributed by atoms with Gasteiger partial charge in [0, 0.05) is 18.1 Å². The summed E-state index contributed by atoms with van der Waals surface area (Å²) in [6.45, 7) is 1.65. The van der Waals surface area contributed by atoms with Crippen molar-refractivity contribution in [3.05, 3.63) is 97.8 Å². The molecule has 3 fully saturated rings. The molecule has 3 aromatic carbocycles. The molecular weight excluding hydrogens is 668 g/mol. The number of phenols is 1. The van der Waals surface area contributed by atoms with Crippen molar-refractivity contribution in [2.45, 2.75) is 25.7 Å². The Morgan fingerprint density at radius 3 is 2.38 bits per heavy atom. The Bertz CT molecular complexity index is 2020. The van der Waals surface area contributed by atoms with E-state index in [4.69, 9.17) is 27.9 Å². The Kier molecular flexibility index (Phi) is 7.37. The van der Waals surface area contributed by atoms with E-state index in [9.17, 15) is 38.8 Å². The minimum Gasteiger partial charge on any atom is -0.503 e. The maximum Gasteiger partial charge on any atom is 0.271 e. The molecule has 48 heavy (non-hydrogen) atoms. The second-order valence-electron chi connectivity index (χ2n) is 12.6. The van der Waals surface area contributed by atoms with Crippen LogP contribution in [0.25, 0.3) is 0 Å². The monoisotopic (exact) mass is 693 g/mol. The number of allylic oxidation sites excluding steroid dienone is 2. The van der Waals surface area contributed by atoms with Crippen LogP contribution in [0.15, 0.2) is 66.2 Å². The lowest BCUT2D eigenvalue weighted by Crippen LogP contribution is -2.48. The molecule has 0 aromatic heterocycles. The standard InChI is InChI=1S/C34H26Cl2FN3O8/c1-34-22(31(43)39(33(34)45)17-6-9-25(37)23(35)13-17)14-21-19(28(34)15-10-24(36)29(41)26(11-15)48-2)7-8-20-27(21)32(44)38(30(20)42)16-4-3-5-18(12-16)40(46)47/h3-7,9-13,20-22,27-28,41H,8,14H2,1-2H3. The van der Waals surface area contributed by atoms with Crippen molar-refractivity contribution in [1.29, 1.82) is 0 Å². The topological polar surface area (TPSA) is 147 Å². The number of imide groups is 2. The van der Waals surface area contributed by atoms with Gasteiger partial charge in [-0.05, 0) is 67.6 Å². The summed E-state index contributed by atoms with van der Waals surface area (Å²) < 4.78 is 19.5. The van der Waals surface area contributed by atoms with Gasteiger partial charge in [0.15, 0.2) is 11.5 Å². The fourth-order valence-corrected chi connectivity index (χ4v) is 8.58. The average molecular weight is 694 g/mol. The van der Waals surface area contributed by atoms with Crippen molar-refractivity contribution >= 4 is 63.9 Å². The van der Waals surface area contributed by atoms with Crippen molar-refractivity contribution in [1.82, 2.24) is 0 Å². The number of carbonyl (C=O) groups excluding carboxylic acids is 4. The molecule has 1 N–H and O–H groups in total. The predicted molar refractivity (Wildman–Crippen MR) is 171 cm³/mol. The molecule has 2 aliphatic heterocycles. The van der Waals surface area contributed by atoms with Crippen molar-refractivity contribution in [3.63, 3.8) is 0 Å². The summed E-state index contributed by atoms with van der Waals surface area (Å²) >= 11 is 12.5. The zero-order valence-corrected chi connectivity index (χ0v) is 26.9. The Balaban J connectivity index is 1.38. The Hall–Kier alpha value is -4.81. The van der Waals surface area contributed by atoms with Gasteiger partial charge >= 0.3 is 0 Å². The van der Waals surface area contributed by atoms with E-state index in [1.54, 1.807) is 6.92 Å². The van der Waals surface area contributed by atoms with Gasteiger partial charge in [-0.2, -0.15) is 0 Å². The quantitative estimate of drug-likeness (QED) is 0.144. The van der Waals surface area contributed by atoms with Crippen molar-refractivity contribution in [2.24, 2.45) is 29.1 Å². The highest BCUT2D eigenvalue weighted by Gasteiger charge is 2.67. The first-order valence-corrected chi connectivity index (χ1v) is 15.8. The van der Waals surface area contributed by atoms with Crippen molar-refractivity contribution in [2.75, 3.05) is 16.9 Å². The number of anilines is 2. The number of ether oxygens (including phenoxy) is 1. The first-order valence-electron chi connectivity index (χ1n) is 15.0. The fraction of sp³-hybridized carbons (Fsp3) is 0.294. The summed E-state index contributed by atoms with van der Waals surface area (Å²) in [5.74, 6) is -7.60. The molecule has 2 aliphatic carbocycles. The van der Waals surface area contributed by atoms with Gasteiger partial charge in [0.05, 0.1) is 56.6 Å². The van der Waals surface area contributed by atoms with E-state index in [0.717, 1.165) is 21.9 Å². The normalized spacial score (nSPS) is 27.9. The van der Waals surface area contributed by atoms with Crippen LogP contribution in [0.1, 0.15) is 31.2 Å². The number of phenolic OH excluding ortho intramolecular Hbond substituents is 1. The highest BCUT2D eigenvalue weighted by molar-refractivity contribution is 6.32. The summed E-state index contributed by atoms with van der Waals surface area (Å²) in [5, 5.41) is 21.7. The highest BCUT2D eigenvalue weighted by atomic mass is 35.5. The summed E-state index contributed by atoms with van der Waals surface area (Å²) in [6.07, 6.45) is 1.98. The number of hydrogen-bond donors (Lipinski definition) is 1. The molecule has 7 rings (SSSR count). The summed E-state index contributed by atoms with van der Waals surface area (Å²) in [5.41, 5.74) is -0.529. The van der Waals surface area contributed by atoms with Crippen LogP contribution >= 0.6 is 23.2 Å². The molecule has 246 valence electrons. The third-order valence-corrected chi connectivity index (χ3v) is 10.9. The maximum absolute atomic E-state index is 14.5. The van der Waals surface area contributed by atoms with Gasteiger partial charge in [-0.15, -0.1) is 0 Å². The number of carbonyl (C=O) groups is 4. The number of benzene rings is 3. The molecule has 4 amide bonds. The van der Waals surface area contributed by atoms with Gasteiger partial charge in [-0.3, -0.25) is 29.3 Å². The number of halogens is 3. The van der Waals surface area contributed by atoms with Crippen LogP contribution in [0.2, 0.25) is 10.0 Å². The third kappa shape index (κ3) is 4.38. The second kappa shape index (κ2) is 11.1. The molecule has 2 saturated heterocycles. The number of non-ortho nitro benzene ring substituents is 1. The lowest BCUT2D eigenvalue weighted by Gasteiger charge is -2.49. The number of rotatable bonds is 5. The van der Waals surface area contributed by atoms with E-state index in [1.165, 1.54) is 49.6 Å². The number of amides is 4. The molecule has 0 radical (unpaired) electrons. The number of aromatic hydroxyl groups is 1. The van der Waals surface area contributed by atoms with Gasteiger partial charge < -0.3 is 9.84 Å². The van der Waals surface area contributed by atoms with E-state index in [0.29, 0.717) is 11.1 Å². The van der Waals surface area contributed by atoms with Crippen molar-refractivity contribution < 1.29 is 38.3 Å². The van der Waals surface area contributed by atoms with Crippen LogP contribution in [0.5, 0.6) is 11.5 Å². The largest absolute Gasteiger partial charge is 0.503 e. The number of nitro groups is 1. The van der Waals surface area contributed by atoms with Crippen LogP contribution in [-0.2, 0) is 19.2 Å². The second-order valence-corrected chi connectivity index (χ2v) is 13.4. The van der Waals surface area contributed by atoms with E-state index >= 15 is 0 Å². The number of hydrogen-bond acceptors (Lipinski definition) is 8. The molecule has 14 heteroatoms. The molecule has 1 saturated carbocycles. The molecule has 0 bridgehead atoms. The Morgan fingerprint density at radius 2 is 1.69 bits per heavy atom. The Morgan fingerprint density at radius 1 is 0.958 bits per heavy atom. The third-order valence-electron chi connectivity index (χ3n) is 10.3. The minimum absolute atomic E-state index is 0.0250. The number of fused-ring (bicyclic) bond motifs is 4. The first kappa shape index (κ1) is 31.8. The molecule has 6 atom stereocenters. The molecule has 4 aliphatic rings. The minimum atomic E-state index is -1.45. The van der Waals surface area contributed by atoms with Gasteiger partial charge in [-0.1, -0.05) is 40.9 Å². The average Bonchev–Trinajstić information content (AvgIpc) is 3.43. The molecule has 6 unspecified atom stereocenters. The lowest BCUT2D eigenvalue weighted by atomic mass is 9.51. The zero-order valence-electron chi connectivity index (χ0n) is 25.4. The van der Waals surface area contributed by atoms with Gasteiger partial charge in [0.1, 0.15) is 5.82 Å². The molecule has 11 nitrogen and oxygen atoms in total. The first-order chi connectivity index (χ1) is 22.8. The molecule has 3 aromatic rings. The molecule has 0 spiro atoms. The number of methoxy groups -OCH3 is 1. The van der Waals surface area contributed by atoms with E-state index in [2.05, 4.69) is 0 Å². The van der Waals surface area contributed by atoms with Crippen LogP contribution in [-0.4, -0.2) is 40.8 Å². The van der Waals surface area contributed by atoms with E-state index in [-0.39, 0.29) is 51.4 Å². The predicted octanol–water partition coefficient (Wildman–Crippen LogP) is 6.19. The summed E-state index contributed by atoms with van der Waals surface area (Å²) in [4.78, 5) is 69.7. The zero-order chi connectivity index (χ0) is 34.4. The van der Waals surface area contributed by atoms with E-state index < -0.39 is 69.4 Å².